The van der Waals surface area contributed by atoms with E-state index in [4.69, 9.17) is 20.4 Å². The predicted molar refractivity (Wildman–Crippen MR) is 55.8 cm³/mol. The maximum absolute atomic E-state index is 11.0. The van der Waals surface area contributed by atoms with E-state index in [0.29, 0.717) is 6.42 Å². The van der Waals surface area contributed by atoms with Crippen molar-refractivity contribution in [2.75, 3.05) is 0 Å². The van der Waals surface area contributed by atoms with Crippen LogP contribution in [0.1, 0.15) is 38.5 Å². The summed E-state index contributed by atoms with van der Waals surface area (Å²) in [7, 11) is 0. The fourth-order valence-corrected chi connectivity index (χ4v) is 1.04. The molecule has 0 saturated heterocycles. The van der Waals surface area contributed by atoms with Crippen molar-refractivity contribution in [3.63, 3.8) is 0 Å². The largest absolute Gasteiger partial charge is 0.481 e. The number of hydrogen-bond acceptors (Lipinski definition) is 7. The van der Waals surface area contributed by atoms with Crippen molar-refractivity contribution in [1.82, 2.24) is 0 Å². The Hall–Kier alpha value is -1.51. The van der Waals surface area contributed by atoms with Gasteiger partial charge in [0, 0.05) is 19.3 Å². The molecule has 0 amide bonds. The van der Waals surface area contributed by atoms with Gasteiger partial charge < -0.3 is 25.2 Å². The fourth-order valence-electron chi connectivity index (χ4n) is 1.04. The van der Waals surface area contributed by atoms with Crippen molar-refractivity contribution >= 4 is 17.9 Å². The van der Waals surface area contributed by atoms with Crippen molar-refractivity contribution in [2.45, 2.75) is 44.5 Å². The number of carboxylic acid groups (broad SMARTS) is 1. The maximum atomic E-state index is 11.0. The number of carbonyl (C=O) groups excluding carboxylic acids is 2. The zero-order valence-corrected chi connectivity index (χ0v) is 9.66. The molecule has 0 fully saturated rings. The van der Waals surface area contributed by atoms with E-state index in [1.54, 1.807) is 0 Å². The van der Waals surface area contributed by atoms with E-state index < -0.39 is 36.7 Å². The van der Waals surface area contributed by atoms with Crippen LogP contribution in [0.3, 0.4) is 0 Å². The Morgan fingerprint density at radius 2 is 1.39 bits per heavy atom. The summed E-state index contributed by atoms with van der Waals surface area (Å²) in [6.07, 6.45) is -0.776. The third kappa shape index (κ3) is 11.0. The minimum absolute atomic E-state index is 0.0662. The standard InChI is InChI=1S/C10H16O8/c11-7(12)3-1-2-4-8(13)18-9(14)5-6-10(15,16)17/h15-17H,1-6H2,(H,11,12). The summed E-state index contributed by atoms with van der Waals surface area (Å²) in [6.45, 7) is 0. The van der Waals surface area contributed by atoms with Gasteiger partial charge in [-0.15, -0.1) is 0 Å². The number of aliphatic hydroxyl groups is 3. The van der Waals surface area contributed by atoms with Gasteiger partial charge in [-0.1, -0.05) is 0 Å². The van der Waals surface area contributed by atoms with Crippen molar-refractivity contribution in [2.24, 2.45) is 0 Å². The first-order chi connectivity index (χ1) is 8.20. The number of carbonyl (C=O) groups is 3. The van der Waals surface area contributed by atoms with E-state index in [1.165, 1.54) is 0 Å². The summed E-state index contributed by atoms with van der Waals surface area (Å²) >= 11 is 0. The van der Waals surface area contributed by atoms with Crippen LogP contribution in [0, 0.1) is 0 Å². The highest BCUT2D eigenvalue weighted by Crippen LogP contribution is 2.07. The second-order valence-electron chi connectivity index (χ2n) is 3.72. The third-order valence-electron chi connectivity index (χ3n) is 1.91. The van der Waals surface area contributed by atoms with Gasteiger partial charge in [0.25, 0.3) is 5.97 Å². The molecule has 0 bridgehead atoms. The van der Waals surface area contributed by atoms with E-state index in [2.05, 4.69) is 4.74 Å². The van der Waals surface area contributed by atoms with Crippen LogP contribution in [0.2, 0.25) is 0 Å². The molecule has 0 aliphatic heterocycles. The Bertz CT molecular complexity index is 303. The third-order valence-corrected chi connectivity index (χ3v) is 1.91. The van der Waals surface area contributed by atoms with Gasteiger partial charge in [-0.2, -0.15) is 0 Å². The highest BCUT2D eigenvalue weighted by atomic mass is 16.7. The number of carboxylic acids is 1. The van der Waals surface area contributed by atoms with Gasteiger partial charge in [-0.25, -0.2) is 0 Å². The van der Waals surface area contributed by atoms with Crippen LogP contribution in [0.5, 0.6) is 0 Å². The van der Waals surface area contributed by atoms with Gasteiger partial charge in [0.15, 0.2) is 0 Å². The van der Waals surface area contributed by atoms with E-state index >= 15 is 0 Å². The lowest BCUT2D eigenvalue weighted by molar-refractivity contribution is -0.314. The van der Waals surface area contributed by atoms with Crippen molar-refractivity contribution in [1.29, 1.82) is 0 Å². The van der Waals surface area contributed by atoms with Gasteiger partial charge in [0.1, 0.15) is 0 Å². The molecule has 4 N–H and O–H groups in total. The van der Waals surface area contributed by atoms with E-state index in [-0.39, 0.29) is 19.3 Å². The van der Waals surface area contributed by atoms with Gasteiger partial charge in [0.05, 0.1) is 6.42 Å². The topological polar surface area (TPSA) is 141 Å². The summed E-state index contributed by atoms with van der Waals surface area (Å²) in [6, 6.07) is 0. The lowest BCUT2D eigenvalue weighted by Gasteiger charge is -2.12. The second-order valence-corrected chi connectivity index (χ2v) is 3.72. The summed E-state index contributed by atoms with van der Waals surface area (Å²) in [5, 5.41) is 33.8. The molecule has 0 saturated carbocycles. The van der Waals surface area contributed by atoms with Crippen LogP contribution in [-0.2, 0) is 19.1 Å². The quantitative estimate of drug-likeness (QED) is 0.191. The van der Waals surface area contributed by atoms with Crippen LogP contribution < -0.4 is 0 Å². The summed E-state index contributed by atoms with van der Waals surface area (Å²) in [4.78, 5) is 32.2. The zero-order chi connectivity index (χ0) is 14.2. The monoisotopic (exact) mass is 264 g/mol. The Morgan fingerprint density at radius 3 is 1.89 bits per heavy atom. The minimum atomic E-state index is -2.97. The highest BCUT2D eigenvalue weighted by molar-refractivity contribution is 5.85. The van der Waals surface area contributed by atoms with Crippen molar-refractivity contribution in [3.05, 3.63) is 0 Å². The fraction of sp³-hybridized carbons (Fsp3) is 0.700. The normalized spacial score (nSPS) is 11.1. The van der Waals surface area contributed by atoms with Crippen molar-refractivity contribution < 1.29 is 39.5 Å². The average Bonchev–Trinajstić information content (AvgIpc) is 2.20. The number of unbranched alkanes of at least 4 members (excludes halogenated alkanes) is 1. The van der Waals surface area contributed by atoms with E-state index in [9.17, 15) is 14.4 Å². The first kappa shape index (κ1) is 16.5. The molecule has 0 unspecified atom stereocenters. The lowest BCUT2D eigenvalue weighted by Crippen LogP contribution is -2.28. The molecule has 0 radical (unpaired) electrons. The first-order valence-corrected chi connectivity index (χ1v) is 5.33. The molecule has 0 atom stereocenters. The number of ether oxygens (including phenoxy) is 1. The Labute approximate surface area is 103 Å². The SMILES string of the molecule is O=C(O)CCCCC(=O)OC(=O)CCC(O)(O)O. The van der Waals surface area contributed by atoms with E-state index in [1.807, 2.05) is 0 Å². The highest BCUT2D eigenvalue weighted by Gasteiger charge is 2.21. The number of aliphatic carboxylic acids is 1. The Balaban J connectivity index is 3.68. The first-order valence-electron chi connectivity index (χ1n) is 5.33. The summed E-state index contributed by atoms with van der Waals surface area (Å²) in [5.41, 5.74) is 0. The molecule has 0 aromatic rings. The van der Waals surface area contributed by atoms with Crippen LogP contribution in [0.15, 0.2) is 0 Å². The van der Waals surface area contributed by atoms with Crippen LogP contribution in [0.25, 0.3) is 0 Å². The van der Waals surface area contributed by atoms with Crippen molar-refractivity contribution in [3.8, 4) is 0 Å². The van der Waals surface area contributed by atoms with Gasteiger partial charge in [-0.05, 0) is 12.8 Å². The molecule has 0 aromatic heterocycles. The molecule has 0 aliphatic carbocycles. The van der Waals surface area contributed by atoms with Crippen LogP contribution in [-0.4, -0.2) is 44.3 Å². The molecular formula is C10H16O8. The molecule has 104 valence electrons. The number of rotatable bonds is 8. The molecule has 0 heterocycles. The Kier molecular flexibility index (Phi) is 7.10. The minimum Gasteiger partial charge on any atom is -0.481 e. The van der Waals surface area contributed by atoms with E-state index in [0.717, 1.165) is 0 Å². The number of esters is 2. The average molecular weight is 264 g/mol. The second kappa shape index (κ2) is 7.75. The molecule has 18 heavy (non-hydrogen) atoms. The predicted octanol–water partition coefficient (Wildman–Crippen LogP) is -0.888. The van der Waals surface area contributed by atoms with Crippen LogP contribution in [0.4, 0.5) is 0 Å². The molecule has 8 heteroatoms. The molecular weight excluding hydrogens is 248 g/mol. The number of hydrogen-bond donors (Lipinski definition) is 4. The lowest BCUT2D eigenvalue weighted by atomic mass is 10.2. The summed E-state index contributed by atoms with van der Waals surface area (Å²) < 4.78 is 4.29. The van der Waals surface area contributed by atoms with Gasteiger partial charge in [0.2, 0.25) is 0 Å². The Morgan fingerprint density at radius 1 is 0.889 bits per heavy atom. The van der Waals surface area contributed by atoms with Gasteiger partial charge >= 0.3 is 17.9 Å². The van der Waals surface area contributed by atoms with Gasteiger partial charge in [-0.3, -0.25) is 14.4 Å². The summed E-state index contributed by atoms with van der Waals surface area (Å²) in [5.74, 6) is -5.74. The molecule has 8 nitrogen and oxygen atoms in total. The van der Waals surface area contributed by atoms with Crippen LogP contribution >= 0.6 is 0 Å². The molecule has 0 aromatic carbocycles. The molecule has 0 rings (SSSR count). The molecule has 0 aliphatic rings. The maximum Gasteiger partial charge on any atom is 0.313 e. The smallest absolute Gasteiger partial charge is 0.313 e. The molecule has 0 spiro atoms. The zero-order valence-electron chi connectivity index (χ0n) is 9.66.